The second kappa shape index (κ2) is 10.1. The SMILES string of the molecule is C[C@H](C[NH+](Cc1ccccc1)Cc1ccccc1)OC(=O)c1ccccc1Cl. The molecule has 0 amide bonds. The maximum atomic E-state index is 12.5. The highest BCUT2D eigenvalue weighted by atomic mass is 35.5. The molecule has 1 atom stereocenters. The maximum Gasteiger partial charge on any atom is 0.340 e. The lowest BCUT2D eigenvalue weighted by atomic mass is 10.1. The standard InChI is InChI=1S/C24H24ClNO2/c1-19(28-24(27)22-14-8-9-15-23(22)25)16-26(17-20-10-4-2-5-11-20)18-21-12-6-3-7-13-21/h2-15,19H,16-18H2,1H3/p+1/t19-/m1/s1. The van der Waals surface area contributed by atoms with Crippen LogP contribution >= 0.6 is 11.6 Å². The van der Waals surface area contributed by atoms with Crippen LogP contribution in [0.25, 0.3) is 0 Å². The average Bonchev–Trinajstić information content (AvgIpc) is 2.69. The van der Waals surface area contributed by atoms with Crippen LogP contribution in [0.1, 0.15) is 28.4 Å². The second-order valence-electron chi connectivity index (χ2n) is 6.97. The lowest BCUT2D eigenvalue weighted by molar-refractivity contribution is -0.930. The van der Waals surface area contributed by atoms with Crippen molar-refractivity contribution in [1.82, 2.24) is 0 Å². The van der Waals surface area contributed by atoms with Gasteiger partial charge in [-0.3, -0.25) is 0 Å². The summed E-state index contributed by atoms with van der Waals surface area (Å²) >= 11 is 6.12. The van der Waals surface area contributed by atoms with Gasteiger partial charge in [0.2, 0.25) is 0 Å². The molecule has 0 radical (unpaired) electrons. The van der Waals surface area contributed by atoms with Gasteiger partial charge in [0.15, 0.2) is 0 Å². The molecule has 0 aliphatic heterocycles. The summed E-state index contributed by atoms with van der Waals surface area (Å²) in [7, 11) is 0. The molecule has 28 heavy (non-hydrogen) atoms. The number of halogens is 1. The second-order valence-corrected chi connectivity index (χ2v) is 7.38. The van der Waals surface area contributed by atoms with Gasteiger partial charge in [0.25, 0.3) is 0 Å². The normalized spacial score (nSPS) is 12.0. The highest BCUT2D eigenvalue weighted by molar-refractivity contribution is 6.33. The van der Waals surface area contributed by atoms with E-state index in [0.29, 0.717) is 17.1 Å². The van der Waals surface area contributed by atoms with E-state index in [9.17, 15) is 4.79 Å². The molecule has 0 unspecified atom stereocenters. The Kier molecular flexibility index (Phi) is 7.24. The summed E-state index contributed by atoms with van der Waals surface area (Å²) in [6.45, 7) is 4.37. The Morgan fingerprint density at radius 3 is 1.89 bits per heavy atom. The van der Waals surface area contributed by atoms with Gasteiger partial charge in [0.05, 0.1) is 10.6 Å². The number of carbonyl (C=O) groups is 1. The molecular formula is C24H25ClNO2+. The number of esters is 1. The minimum Gasteiger partial charge on any atom is -0.453 e. The molecule has 0 fully saturated rings. The zero-order valence-corrected chi connectivity index (χ0v) is 16.7. The highest BCUT2D eigenvalue weighted by Crippen LogP contribution is 2.16. The van der Waals surface area contributed by atoms with Gasteiger partial charge < -0.3 is 9.64 Å². The molecule has 0 saturated carbocycles. The van der Waals surface area contributed by atoms with E-state index in [1.54, 1.807) is 24.3 Å². The van der Waals surface area contributed by atoms with Crippen LogP contribution in [0.2, 0.25) is 5.02 Å². The van der Waals surface area contributed by atoms with Gasteiger partial charge in [-0.25, -0.2) is 4.79 Å². The summed E-state index contributed by atoms with van der Waals surface area (Å²) in [6, 6.07) is 27.8. The number of hydrogen-bond donors (Lipinski definition) is 1. The maximum absolute atomic E-state index is 12.5. The van der Waals surface area contributed by atoms with E-state index >= 15 is 0 Å². The van der Waals surface area contributed by atoms with E-state index in [4.69, 9.17) is 16.3 Å². The number of hydrogen-bond acceptors (Lipinski definition) is 2. The number of ether oxygens (including phenoxy) is 1. The van der Waals surface area contributed by atoms with Crippen molar-refractivity contribution >= 4 is 17.6 Å². The van der Waals surface area contributed by atoms with Gasteiger partial charge >= 0.3 is 5.97 Å². The molecule has 3 aromatic rings. The lowest BCUT2D eigenvalue weighted by Crippen LogP contribution is -3.10. The first-order valence-corrected chi connectivity index (χ1v) is 9.86. The number of quaternary nitrogens is 1. The van der Waals surface area contributed by atoms with E-state index in [-0.39, 0.29) is 12.1 Å². The van der Waals surface area contributed by atoms with Crippen LogP contribution < -0.4 is 4.90 Å². The molecule has 3 nitrogen and oxygen atoms in total. The van der Waals surface area contributed by atoms with Crippen molar-refractivity contribution in [3.63, 3.8) is 0 Å². The Bertz CT molecular complexity index is 842. The Morgan fingerprint density at radius 1 is 0.857 bits per heavy atom. The minimum absolute atomic E-state index is 0.230. The molecule has 0 aliphatic rings. The Hall–Kier alpha value is -2.62. The summed E-state index contributed by atoms with van der Waals surface area (Å²) in [5.74, 6) is -0.378. The topological polar surface area (TPSA) is 30.7 Å². The van der Waals surface area contributed by atoms with Crippen LogP contribution in [0.15, 0.2) is 84.9 Å². The van der Waals surface area contributed by atoms with Gasteiger partial charge in [-0.15, -0.1) is 0 Å². The molecule has 3 aromatic carbocycles. The van der Waals surface area contributed by atoms with Gasteiger partial charge in [0, 0.05) is 11.1 Å². The van der Waals surface area contributed by atoms with Gasteiger partial charge in [-0.1, -0.05) is 84.4 Å². The first kappa shape index (κ1) is 20.1. The smallest absolute Gasteiger partial charge is 0.340 e. The summed E-state index contributed by atoms with van der Waals surface area (Å²) in [6.07, 6.45) is -0.230. The fraction of sp³-hybridized carbons (Fsp3) is 0.208. The molecule has 144 valence electrons. The first-order chi connectivity index (χ1) is 13.6. The van der Waals surface area contributed by atoms with Crippen molar-refractivity contribution in [2.45, 2.75) is 26.1 Å². The van der Waals surface area contributed by atoms with Crippen LogP contribution in [0.3, 0.4) is 0 Å². The van der Waals surface area contributed by atoms with Crippen molar-refractivity contribution < 1.29 is 14.4 Å². The predicted molar refractivity (Wildman–Crippen MR) is 112 cm³/mol. The van der Waals surface area contributed by atoms with Crippen LogP contribution in [0, 0.1) is 0 Å². The molecule has 0 bridgehead atoms. The number of nitrogens with one attached hydrogen (secondary N) is 1. The van der Waals surface area contributed by atoms with Crippen molar-refractivity contribution in [2.75, 3.05) is 6.54 Å². The third-order valence-electron chi connectivity index (χ3n) is 4.57. The van der Waals surface area contributed by atoms with Crippen molar-refractivity contribution in [3.05, 3.63) is 107 Å². The molecule has 0 spiro atoms. The predicted octanol–water partition coefficient (Wildman–Crippen LogP) is 4.17. The van der Waals surface area contributed by atoms with Crippen LogP contribution in [-0.4, -0.2) is 18.6 Å². The van der Waals surface area contributed by atoms with Gasteiger partial charge in [0.1, 0.15) is 25.7 Å². The van der Waals surface area contributed by atoms with E-state index < -0.39 is 0 Å². The van der Waals surface area contributed by atoms with Crippen LogP contribution in [0.5, 0.6) is 0 Å². The number of benzene rings is 3. The van der Waals surface area contributed by atoms with Crippen molar-refractivity contribution in [2.24, 2.45) is 0 Å². The van der Waals surface area contributed by atoms with E-state index in [0.717, 1.165) is 13.1 Å². The average molecular weight is 395 g/mol. The Balaban J connectivity index is 1.67. The third kappa shape index (κ3) is 5.95. The summed E-state index contributed by atoms with van der Waals surface area (Å²) in [4.78, 5) is 13.8. The summed E-state index contributed by atoms with van der Waals surface area (Å²) in [5.41, 5.74) is 2.93. The van der Waals surface area contributed by atoms with Crippen LogP contribution in [0.4, 0.5) is 0 Å². The number of rotatable bonds is 8. The van der Waals surface area contributed by atoms with Crippen LogP contribution in [-0.2, 0) is 17.8 Å². The first-order valence-electron chi connectivity index (χ1n) is 9.49. The molecule has 0 heterocycles. The summed E-state index contributed by atoms with van der Waals surface area (Å²) < 4.78 is 5.68. The van der Waals surface area contributed by atoms with E-state index in [1.165, 1.54) is 16.0 Å². The molecule has 0 saturated heterocycles. The van der Waals surface area contributed by atoms with E-state index in [1.807, 2.05) is 19.1 Å². The number of carbonyl (C=O) groups excluding carboxylic acids is 1. The molecule has 4 heteroatoms. The third-order valence-corrected chi connectivity index (χ3v) is 4.90. The molecule has 3 rings (SSSR count). The highest BCUT2D eigenvalue weighted by Gasteiger charge is 2.20. The fourth-order valence-corrected chi connectivity index (χ4v) is 3.51. The van der Waals surface area contributed by atoms with Gasteiger partial charge in [-0.2, -0.15) is 0 Å². The zero-order valence-electron chi connectivity index (χ0n) is 16.0. The lowest BCUT2D eigenvalue weighted by Gasteiger charge is -2.23. The minimum atomic E-state index is -0.378. The Labute approximate surface area is 171 Å². The Morgan fingerprint density at radius 2 is 1.36 bits per heavy atom. The largest absolute Gasteiger partial charge is 0.453 e. The van der Waals surface area contributed by atoms with E-state index in [2.05, 4.69) is 48.5 Å². The van der Waals surface area contributed by atoms with Gasteiger partial charge in [-0.05, 0) is 19.1 Å². The molecular weight excluding hydrogens is 370 g/mol. The zero-order chi connectivity index (χ0) is 19.8. The van der Waals surface area contributed by atoms with Crippen molar-refractivity contribution in [1.29, 1.82) is 0 Å². The molecule has 1 N–H and O–H groups in total. The summed E-state index contributed by atoms with van der Waals surface area (Å²) in [5, 5.41) is 0.414. The fourth-order valence-electron chi connectivity index (χ4n) is 3.30. The quantitative estimate of drug-likeness (QED) is 0.581. The molecule has 0 aromatic heterocycles. The molecule has 0 aliphatic carbocycles. The monoisotopic (exact) mass is 394 g/mol. The van der Waals surface area contributed by atoms with Crippen molar-refractivity contribution in [3.8, 4) is 0 Å².